The van der Waals surface area contributed by atoms with Gasteiger partial charge >= 0.3 is 0 Å². The lowest BCUT2D eigenvalue weighted by atomic mass is 9.86. The van der Waals surface area contributed by atoms with Crippen LogP contribution < -0.4 is 0 Å². The Balaban J connectivity index is 1.87. The Kier molecular flexibility index (Phi) is 2.61. The van der Waals surface area contributed by atoms with Gasteiger partial charge in [0.15, 0.2) is 0 Å². The standard InChI is InChI=1S/C11H22N2/c1-4-5-12-7-10-6-11(8-12)13(10)9(2)3/h9-11H,4-8H2,1-3H3. The average Bonchev–Trinajstić information content (AvgIpc) is 2.03. The Bertz CT molecular complexity index is 167. The van der Waals surface area contributed by atoms with Gasteiger partial charge in [0.1, 0.15) is 0 Å². The SMILES string of the molecule is CCCN1CC2CC(C1)N2C(C)C. The number of hydrogen-bond acceptors (Lipinski definition) is 2. The van der Waals surface area contributed by atoms with Gasteiger partial charge in [-0.25, -0.2) is 0 Å². The Morgan fingerprint density at radius 3 is 2.31 bits per heavy atom. The van der Waals surface area contributed by atoms with Gasteiger partial charge in [-0.1, -0.05) is 6.92 Å². The number of nitrogens with zero attached hydrogens (tertiary/aromatic N) is 2. The molecule has 2 heteroatoms. The minimum atomic E-state index is 0.757. The maximum atomic E-state index is 2.70. The molecule has 0 amide bonds. The molecular weight excluding hydrogens is 160 g/mol. The average molecular weight is 182 g/mol. The van der Waals surface area contributed by atoms with E-state index >= 15 is 0 Å². The van der Waals surface area contributed by atoms with Gasteiger partial charge in [-0.2, -0.15) is 0 Å². The first-order valence-corrected chi connectivity index (χ1v) is 5.72. The summed E-state index contributed by atoms with van der Waals surface area (Å²) in [7, 11) is 0. The second-order valence-corrected chi connectivity index (χ2v) is 4.84. The van der Waals surface area contributed by atoms with E-state index in [-0.39, 0.29) is 0 Å². The van der Waals surface area contributed by atoms with Gasteiger partial charge in [-0.15, -0.1) is 0 Å². The number of piperidine rings is 1. The zero-order valence-electron chi connectivity index (χ0n) is 9.16. The number of piperazine rings is 1. The van der Waals surface area contributed by atoms with E-state index in [0.29, 0.717) is 0 Å². The van der Waals surface area contributed by atoms with Crippen LogP contribution in [0.25, 0.3) is 0 Å². The lowest BCUT2D eigenvalue weighted by Gasteiger charge is -2.58. The van der Waals surface area contributed by atoms with Crippen LogP contribution in [0.3, 0.4) is 0 Å². The second-order valence-electron chi connectivity index (χ2n) is 4.84. The fourth-order valence-electron chi connectivity index (χ4n) is 3.07. The maximum Gasteiger partial charge on any atom is 0.0244 e. The molecule has 0 radical (unpaired) electrons. The topological polar surface area (TPSA) is 6.48 Å². The summed E-state index contributed by atoms with van der Waals surface area (Å²) in [5.74, 6) is 0. The Morgan fingerprint density at radius 2 is 1.85 bits per heavy atom. The first-order chi connectivity index (χ1) is 6.22. The van der Waals surface area contributed by atoms with Crippen molar-refractivity contribution in [2.24, 2.45) is 0 Å². The van der Waals surface area contributed by atoms with Crippen LogP contribution in [0.1, 0.15) is 33.6 Å². The van der Waals surface area contributed by atoms with Gasteiger partial charge in [0.2, 0.25) is 0 Å². The molecule has 2 atom stereocenters. The van der Waals surface area contributed by atoms with Crippen molar-refractivity contribution in [2.45, 2.75) is 51.7 Å². The van der Waals surface area contributed by atoms with Crippen LogP contribution in [0.15, 0.2) is 0 Å². The normalized spacial score (nSPS) is 35.1. The van der Waals surface area contributed by atoms with Crippen LogP contribution in [-0.4, -0.2) is 47.6 Å². The van der Waals surface area contributed by atoms with E-state index in [9.17, 15) is 0 Å². The van der Waals surface area contributed by atoms with E-state index in [1.165, 1.54) is 32.5 Å². The highest BCUT2D eigenvalue weighted by Gasteiger charge is 2.44. The zero-order chi connectivity index (χ0) is 9.42. The molecule has 3 aliphatic heterocycles. The van der Waals surface area contributed by atoms with Crippen LogP contribution in [0.2, 0.25) is 0 Å². The summed E-state index contributed by atoms with van der Waals surface area (Å²) in [5, 5.41) is 0. The van der Waals surface area contributed by atoms with Crippen molar-refractivity contribution in [3.05, 3.63) is 0 Å². The van der Waals surface area contributed by atoms with Crippen LogP contribution in [-0.2, 0) is 0 Å². The van der Waals surface area contributed by atoms with E-state index in [1.807, 2.05) is 0 Å². The van der Waals surface area contributed by atoms with Gasteiger partial charge in [-0.3, -0.25) is 4.90 Å². The molecule has 2 nitrogen and oxygen atoms in total. The van der Waals surface area contributed by atoms with E-state index in [2.05, 4.69) is 30.6 Å². The molecule has 0 aromatic rings. The smallest absolute Gasteiger partial charge is 0.0244 e. The summed E-state index contributed by atoms with van der Waals surface area (Å²) in [6.07, 6.45) is 2.76. The van der Waals surface area contributed by atoms with Crippen molar-refractivity contribution in [2.75, 3.05) is 19.6 Å². The maximum absolute atomic E-state index is 2.70. The molecule has 3 fully saturated rings. The predicted molar refractivity (Wildman–Crippen MR) is 55.9 cm³/mol. The second kappa shape index (κ2) is 3.58. The number of fused-ring (bicyclic) bond motifs is 2. The summed E-state index contributed by atoms with van der Waals surface area (Å²) in [5.41, 5.74) is 0. The molecular formula is C11H22N2. The molecule has 0 N–H and O–H groups in total. The number of rotatable bonds is 3. The van der Waals surface area contributed by atoms with Crippen LogP contribution in [0.5, 0.6) is 0 Å². The molecule has 0 aliphatic carbocycles. The van der Waals surface area contributed by atoms with Crippen LogP contribution in [0, 0.1) is 0 Å². The van der Waals surface area contributed by atoms with Crippen molar-refractivity contribution < 1.29 is 0 Å². The third-order valence-electron chi connectivity index (χ3n) is 3.46. The molecule has 3 saturated heterocycles. The van der Waals surface area contributed by atoms with E-state index in [0.717, 1.165) is 18.1 Å². The molecule has 0 aromatic carbocycles. The molecule has 0 aromatic heterocycles. The van der Waals surface area contributed by atoms with Crippen molar-refractivity contribution in [1.29, 1.82) is 0 Å². The van der Waals surface area contributed by atoms with Crippen LogP contribution in [0.4, 0.5) is 0 Å². The number of hydrogen-bond donors (Lipinski definition) is 0. The first-order valence-electron chi connectivity index (χ1n) is 5.72. The molecule has 3 aliphatic rings. The molecule has 2 unspecified atom stereocenters. The van der Waals surface area contributed by atoms with E-state index in [4.69, 9.17) is 0 Å². The van der Waals surface area contributed by atoms with Gasteiger partial charge < -0.3 is 4.90 Å². The molecule has 0 spiro atoms. The largest absolute Gasteiger partial charge is 0.300 e. The minimum absolute atomic E-state index is 0.757. The van der Waals surface area contributed by atoms with E-state index in [1.54, 1.807) is 0 Å². The Hall–Kier alpha value is -0.0800. The Labute approximate surface area is 81.9 Å². The Morgan fingerprint density at radius 1 is 1.23 bits per heavy atom. The molecule has 3 heterocycles. The molecule has 0 saturated carbocycles. The van der Waals surface area contributed by atoms with Gasteiger partial charge in [0.25, 0.3) is 0 Å². The lowest BCUT2D eigenvalue weighted by Crippen LogP contribution is -2.70. The predicted octanol–water partition coefficient (Wildman–Crippen LogP) is 1.56. The quantitative estimate of drug-likeness (QED) is 0.653. The fourth-order valence-corrected chi connectivity index (χ4v) is 3.07. The third-order valence-corrected chi connectivity index (χ3v) is 3.46. The molecule has 76 valence electrons. The van der Waals surface area contributed by atoms with Gasteiger partial charge in [-0.05, 0) is 33.2 Å². The monoisotopic (exact) mass is 182 g/mol. The third kappa shape index (κ3) is 1.62. The summed E-state index contributed by atoms with van der Waals surface area (Å²) in [4.78, 5) is 5.34. The summed E-state index contributed by atoms with van der Waals surface area (Å²) >= 11 is 0. The summed E-state index contributed by atoms with van der Waals surface area (Å²) in [6.45, 7) is 10.9. The first kappa shape index (κ1) is 9.47. The highest BCUT2D eigenvalue weighted by Crippen LogP contribution is 2.33. The van der Waals surface area contributed by atoms with Crippen molar-refractivity contribution >= 4 is 0 Å². The lowest BCUT2D eigenvalue weighted by molar-refractivity contribution is -0.0874. The zero-order valence-corrected chi connectivity index (χ0v) is 9.16. The minimum Gasteiger partial charge on any atom is -0.300 e. The fraction of sp³-hybridized carbons (Fsp3) is 1.00. The van der Waals surface area contributed by atoms with Crippen molar-refractivity contribution in [3.63, 3.8) is 0 Å². The highest BCUT2D eigenvalue weighted by molar-refractivity contribution is 5.01. The highest BCUT2D eigenvalue weighted by atomic mass is 15.4. The molecule has 2 bridgehead atoms. The van der Waals surface area contributed by atoms with Crippen molar-refractivity contribution in [3.8, 4) is 0 Å². The molecule has 3 rings (SSSR count). The van der Waals surface area contributed by atoms with Crippen molar-refractivity contribution in [1.82, 2.24) is 9.80 Å². The summed E-state index contributed by atoms with van der Waals surface area (Å²) < 4.78 is 0. The van der Waals surface area contributed by atoms with Gasteiger partial charge in [0, 0.05) is 31.2 Å². The van der Waals surface area contributed by atoms with Crippen LogP contribution >= 0.6 is 0 Å². The molecule has 13 heavy (non-hydrogen) atoms. The van der Waals surface area contributed by atoms with Gasteiger partial charge in [0.05, 0.1) is 0 Å². The summed E-state index contributed by atoms with van der Waals surface area (Å²) in [6, 6.07) is 2.52. The van der Waals surface area contributed by atoms with E-state index < -0.39 is 0 Å².